The number of carbonyl (C=O) groups is 2. The number of carbonyl (C=O) groups excluding carboxylic acids is 1. The topological polar surface area (TPSA) is 102 Å². The number of fused-ring (bicyclic) bond motifs is 1. The highest BCUT2D eigenvalue weighted by molar-refractivity contribution is 6.00. The van der Waals surface area contributed by atoms with Crippen LogP contribution in [0.5, 0.6) is 5.75 Å². The van der Waals surface area contributed by atoms with Crippen molar-refractivity contribution in [3.05, 3.63) is 72.0 Å². The van der Waals surface area contributed by atoms with Crippen LogP contribution in [0.25, 0.3) is 22.2 Å². The largest absolute Gasteiger partial charge is 0.497 e. The first kappa shape index (κ1) is 22.6. The minimum atomic E-state index is -0.917. The number of nitrogens with zero attached hydrogens (tertiary/aromatic N) is 1. The van der Waals surface area contributed by atoms with Gasteiger partial charge in [-0.05, 0) is 48.2 Å². The summed E-state index contributed by atoms with van der Waals surface area (Å²) in [7, 11) is 1.56. The third-order valence-corrected chi connectivity index (χ3v) is 6.48. The van der Waals surface area contributed by atoms with E-state index in [0.29, 0.717) is 40.8 Å². The zero-order chi connectivity index (χ0) is 24.5. The number of ether oxygens (including phenoxy) is 1. The molecular formula is C27H23FN2O5. The van der Waals surface area contributed by atoms with Gasteiger partial charge in [-0.1, -0.05) is 36.8 Å². The van der Waals surface area contributed by atoms with Gasteiger partial charge in [0.1, 0.15) is 17.1 Å². The molecular weight excluding hydrogens is 451 g/mol. The summed E-state index contributed by atoms with van der Waals surface area (Å²) in [6.45, 7) is 0. The van der Waals surface area contributed by atoms with Gasteiger partial charge < -0.3 is 19.6 Å². The van der Waals surface area contributed by atoms with Crippen molar-refractivity contribution in [2.75, 3.05) is 12.4 Å². The molecule has 0 aliphatic heterocycles. The molecule has 2 N–H and O–H groups in total. The number of halogens is 1. The second kappa shape index (κ2) is 9.21. The van der Waals surface area contributed by atoms with E-state index >= 15 is 0 Å². The van der Waals surface area contributed by atoms with Crippen molar-refractivity contribution in [2.24, 2.45) is 11.8 Å². The minimum Gasteiger partial charge on any atom is -0.497 e. The first-order chi connectivity index (χ1) is 16.9. The Hall–Kier alpha value is -4.20. The number of aromatic nitrogens is 1. The number of anilines is 2. The third kappa shape index (κ3) is 4.47. The summed E-state index contributed by atoms with van der Waals surface area (Å²) in [5.74, 6) is -2.04. The molecule has 0 spiro atoms. The zero-order valence-corrected chi connectivity index (χ0v) is 19.0. The molecule has 4 aromatic rings. The Labute approximate surface area is 200 Å². The molecule has 35 heavy (non-hydrogen) atoms. The number of nitrogens with one attached hydrogen (secondary N) is 1. The molecule has 2 atom stereocenters. The molecule has 0 saturated heterocycles. The highest BCUT2D eigenvalue weighted by Gasteiger charge is 2.37. The van der Waals surface area contributed by atoms with Crippen molar-refractivity contribution in [2.45, 2.75) is 19.3 Å². The van der Waals surface area contributed by atoms with Gasteiger partial charge in [0, 0.05) is 17.5 Å². The van der Waals surface area contributed by atoms with E-state index in [9.17, 15) is 19.1 Å². The van der Waals surface area contributed by atoms with Crippen molar-refractivity contribution >= 4 is 34.6 Å². The predicted molar refractivity (Wildman–Crippen MR) is 128 cm³/mol. The number of aliphatic carboxylic acids is 1. The van der Waals surface area contributed by atoms with E-state index in [0.717, 1.165) is 12.0 Å². The molecule has 1 aliphatic rings. The van der Waals surface area contributed by atoms with Crippen LogP contribution in [0.4, 0.5) is 16.1 Å². The molecule has 0 unspecified atom stereocenters. The van der Waals surface area contributed by atoms with Crippen molar-refractivity contribution in [1.82, 2.24) is 4.98 Å². The quantitative estimate of drug-likeness (QED) is 0.314. The van der Waals surface area contributed by atoms with E-state index in [-0.39, 0.29) is 17.5 Å². The fourth-order valence-corrected chi connectivity index (χ4v) is 4.61. The summed E-state index contributed by atoms with van der Waals surface area (Å²) in [6.07, 6.45) is 1.86. The molecule has 8 heteroatoms. The molecule has 7 nitrogen and oxygen atoms in total. The molecule has 1 saturated carbocycles. The van der Waals surface area contributed by atoms with Crippen LogP contribution in [0.15, 0.2) is 65.1 Å². The van der Waals surface area contributed by atoms with E-state index in [1.165, 1.54) is 6.07 Å². The van der Waals surface area contributed by atoms with E-state index in [1.807, 2.05) is 0 Å². The Bertz CT molecular complexity index is 1410. The number of ketones is 1. The van der Waals surface area contributed by atoms with E-state index in [2.05, 4.69) is 10.3 Å². The van der Waals surface area contributed by atoms with Gasteiger partial charge in [-0.2, -0.15) is 4.98 Å². The number of hydrogen-bond donors (Lipinski definition) is 2. The summed E-state index contributed by atoms with van der Waals surface area (Å²) in [5, 5.41) is 12.2. The summed E-state index contributed by atoms with van der Waals surface area (Å²) in [6, 6.07) is 17.0. The number of benzene rings is 3. The molecule has 1 aromatic heterocycles. The van der Waals surface area contributed by atoms with Gasteiger partial charge in [-0.25, -0.2) is 4.39 Å². The van der Waals surface area contributed by atoms with Crippen LogP contribution >= 0.6 is 0 Å². The Kier molecular flexibility index (Phi) is 5.94. The third-order valence-electron chi connectivity index (χ3n) is 6.48. The number of oxazole rings is 1. The smallest absolute Gasteiger partial charge is 0.307 e. The van der Waals surface area contributed by atoms with Gasteiger partial charge >= 0.3 is 5.97 Å². The average Bonchev–Trinajstić information content (AvgIpc) is 3.51. The summed E-state index contributed by atoms with van der Waals surface area (Å²) >= 11 is 0. The molecule has 1 fully saturated rings. The maximum Gasteiger partial charge on any atom is 0.307 e. The Morgan fingerprint density at radius 3 is 2.49 bits per heavy atom. The monoisotopic (exact) mass is 474 g/mol. The second-order valence-electron chi connectivity index (χ2n) is 8.60. The van der Waals surface area contributed by atoms with Crippen LogP contribution in [0.1, 0.15) is 29.6 Å². The van der Waals surface area contributed by atoms with Crippen LogP contribution < -0.4 is 10.1 Å². The predicted octanol–water partition coefficient (Wildman–Crippen LogP) is 6.07. The highest BCUT2D eigenvalue weighted by atomic mass is 19.1. The fourth-order valence-electron chi connectivity index (χ4n) is 4.61. The lowest BCUT2D eigenvalue weighted by molar-refractivity contribution is -0.142. The minimum absolute atomic E-state index is 0.150. The second-order valence-corrected chi connectivity index (χ2v) is 8.60. The summed E-state index contributed by atoms with van der Waals surface area (Å²) in [5.41, 5.74) is 3.19. The maximum atomic E-state index is 14.9. The molecule has 1 aliphatic carbocycles. The van der Waals surface area contributed by atoms with Gasteiger partial charge in [0.25, 0.3) is 6.01 Å². The maximum absolute atomic E-state index is 14.9. The number of carboxylic acids is 1. The van der Waals surface area contributed by atoms with Gasteiger partial charge in [0.2, 0.25) is 0 Å². The standard InChI is InChI=1S/C27H23FN2O5/c1-34-18-10-12-23-24(14-18)35-27(30-23)29-22-11-9-17(13-21(22)28)15-5-7-16(8-6-15)25(31)19-3-2-4-20(19)26(32)33/h5-14,19-20H,2-4H2,1H3,(H,29,30)(H,32,33)/t19-,20-/m0/s1. The van der Waals surface area contributed by atoms with Crippen molar-refractivity contribution < 1.29 is 28.2 Å². The fraction of sp³-hybridized carbons (Fsp3) is 0.222. The average molecular weight is 474 g/mol. The lowest BCUT2D eigenvalue weighted by Gasteiger charge is -2.14. The van der Waals surface area contributed by atoms with Crippen LogP contribution in [-0.2, 0) is 4.79 Å². The molecule has 178 valence electrons. The van der Waals surface area contributed by atoms with Gasteiger partial charge in [0.05, 0.1) is 18.7 Å². The lowest BCUT2D eigenvalue weighted by atomic mass is 9.88. The van der Waals surface area contributed by atoms with E-state index < -0.39 is 23.6 Å². The molecule has 3 aromatic carbocycles. The Morgan fingerprint density at radius 2 is 1.77 bits per heavy atom. The normalized spacial score (nSPS) is 17.4. The first-order valence-electron chi connectivity index (χ1n) is 11.3. The highest BCUT2D eigenvalue weighted by Crippen LogP contribution is 2.35. The summed E-state index contributed by atoms with van der Waals surface area (Å²) in [4.78, 5) is 28.6. The van der Waals surface area contributed by atoms with Crippen molar-refractivity contribution in [3.63, 3.8) is 0 Å². The summed E-state index contributed by atoms with van der Waals surface area (Å²) < 4.78 is 25.7. The van der Waals surface area contributed by atoms with Crippen LogP contribution in [0.3, 0.4) is 0 Å². The van der Waals surface area contributed by atoms with Crippen molar-refractivity contribution in [1.29, 1.82) is 0 Å². The van der Waals surface area contributed by atoms with Crippen molar-refractivity contribution in [3.8, 4) is 16.9 Å². The molecule has 0 amide bonds. The van der Waals surface area contributed by atoms with Gasteiger partial charge in [-0.15, -0.1) is 0 Å². The Morgan fingerprint density at radius 1 is 1.03 bits per heavy atom. The zero-order valence-electron chi connectivity index (χ0n) is 19.0. The number of rotatable bonds is 7. The lowest BCUT2D eigenvalue weighted by Crippen LogP contribution is -2.25. The molecule has 1 heterocycles. The number of carboxylic acid groups (broad SMARTS) is 1. The van der Waals surface area contributed by atoms with E-state index in [1.54, 1.807) is 61.7 Å². The number of hydrogen-bond acceptors (Lipinski definition) is 6. The van der Waals surface area contributed by atoms with Crippen LogP contribution in [0, 0.1) is 17.7 Å². The first-order valence-corrected chi connectivity index (χ1v) is 11.3. The molecule has 5 rings (SSSR count). The van der Waals surface area contributed by atoms with Gasteiger partial charge in [0.15, 0.2) is 11.4 Å². The van der Waals surface area contributed by atoms with E-state index in [4.69, 9.17) is 9.15 Å². The number of Topliss-reactive ketones (excluding diaryl/α,β-unsaturated/α-hetero) is 1. The van der Waals surface area contributed by atoms with Crippen LogP contribution in [0.2, 0.25) is 0 Å². The van der Waals surface area contributed by atoms with Crippen LogP contribution in [-0.4, -0.2) is 29.0 Å². The molecule has 0 bridgehead atoms. The van der Waals surface area contributed by atoms with Gasteiger partial charge in [-0.3, -0.25) is 9.59 Å². The SMILES string of the molecule is COc1ccc2nc(Nc3ccc(-c4ccc(C(=O)[C@H]5CCC[C@@H]5C(=O)O)cc4)cc3F)oc2c1. The molecule has 0 radical (unpaired) electrons. The Balaban J connectivity index is 1.32. The number of methoxy groups -OCH3 is 1.